The summed E-state index contributed by atoms with van der Waals surface area (Å²) in [7, 11) is 0. The molecule has 1 aromatic heterocycles. The smallest absolute Gasteiger partial charge is 0.305 e. The van der Waals surface area contributed by atoms with Crippen LogP contribution in [0.25, 0.3) is 0 Å². The van der Waals surface area contributed by atoms with Crippen molar-refractivity contribution in [2.45, 2.75) is 38.1 Å². The van der Waals surface area contributed by atoms with E-state index in [0.29, 0.717) is 0 Å². The highest BCUT2D eigenvalue weighted by atomic mass is 32.1. The van der Waals surface area contributed by atoms with Crippen LogP contribution in [0.4, 0.5) is 0 Å². The number of thiazole rings is 1. The summed E-state index contributed by atoms with van der Waals surface area (Å²) < 4.78 is 0. The Morgan fingerprint density at radius 3 is 2.65 bits per heavy atom. The summed E-state index contributed by atoms with van der Waals surface area (Å²) in [6.45, 7) is 1.99. The Morgan fingerprint density at radius 2 is 2.12 bits per heavy atom. The number of carboxylic acid groups (broad SMARTS) is 1. The Hall–Kier alpha value is -0.940. The van der Waals surface area contributed by atoms with E-state index in [2.05, 4.69) is 9.88 Å². The highest BCUT2D eigenvalue weighted by Crippen LogP contribution is 2.26. The van der Waals surface area contributed by atoms with Gasteiger partial charge < -0.3 is 5.11 Å². The van der Waals surface area contributed by atoms with Gasteiger partial charge in [-0.2, -0.15) is 0 Å². The highest BCUT2D eigenvalue weighted by Gasteiger charge is 2.25. The first kappa shape index (κ1) is 12.5. The fourth-order valence-electron chi connectivity index (χ4n) is 2.38. The molecule has 2 heterocycles. The molecule has 1 aliphatic heterocycles. The van der Waals surface area contributed by atoms with E-state index in [1.807, 2.05) is 5.38 Å². The predicted molar refractivity (Wildman–Crippen MR) is 67.1 cm³/mol. The molecule has 0 aromatic carbocycles. The molecular weight excluding hydrogens is 236 g/mol. The van der Waals surface area contributed by atoms with Gasteiger partial charge in [-0.25, -0.2) is 4.98 Å². The molecule has 0 saturated carbocycles. The van der Waals surface area contributed by atoms with E-state index in [9.17, 15) is 4.79 Å². The van der Waals surface area contributed by atoms with Crippen molar-refractivity contribution in [1.29, 1.82) is 0 Å². The van der Waals surface area contributed by atoms with E-state index < -0.39 is 5.97 Å². The van der Waals surface area contributed by atoms with Crippen LogP contribution in [0.3, 0.4) is 0 Å². The van der Waals surface area contributed by atoms with Gasteiger partial charge in [0.25, 0.3) is 0 Å². The van der Waals surface area contributed by atoms with Crippen molar-refractivity contribution in [2.75, 3.05) is 13.1 Å². The lowest BCUT2D eigenvalue weighted by Gasteiger charge is -2.28. The van der Waals surface area contributed by atoms with E-state index in [-0.39, 0.29) is 12.5 Å². The maximum atomic E-state index is 11.0. The van der Waals surface area contributed by atoms with Crippen molar-refractivity contribution in [2.24, 2.45) is 0 Å². The Bertz CT molecular complexity index is 345. The summed E-state index contributed by atoms with van der Waals surface area (Å²) >= 11 is 1.53. The van der Waals surface area contributed by atoms with Gasteiger partial charge in [0.15, 0.2) is 0 Å². The molecule has 0 amide bonds. The second-order valence-corrected chi connectivity index (χ2v) is 5.20. The summed E-state index contributed by atoms with van der Waals surface area (Å²) in [6.07, 6.45) is 5.00. The van der Waals surface area contributed by atoms with Crippen molar-refractivity contribution in [3.8, 4) is 0 Å². The standard InChI is InChI=1S/C12H18N2O2S/c15-12(16)7-11(10-8-17-9-13-10)14-5-3-1-2-4-6-14/h8-9,11H,1-7H2,(H,15,16). The normalized spacial score (nSPS) is 19.8. The summed E-state index contributed by atoms with van der Waals surface area (Å²) in [5.74, 6) is -0.743. The third-order valence-electron chi connectivity index (χ3n) is 3.24. The van der Waals surface area contributed by atoms with Gasteiger partial charge >= 0.3 is 5.97 Å². The number of aromatic nitrogens is 1. The third kappa shape index (κ3) is 3.51. The SMILES string of the molecule is O=C(O)CC(c1cscn1)N1CCCCCC1. The quantitative estimate of drug-likeness (QED) is 0.897. The maximum absolute atomic E-state index is 11.0. The van der Waals surface area contributed by atoms with Crippen LogP contribution in [0.5, 0.6) is 0 Å². The van der Waals surface area contributed by atoms with E-state index >= 15 is 0 Å². The lowest BCUT2D eigenvalue weighted by Crippen LogP contribution is -2.31. The van der Waals surface area contributed by atoms with Crippen molar-refractivity contribution in [3.63, 3.8) is 0 Å². The van der Waals surface area contributed by atoms with Crippen molar-refractivity contribution >= 4 is 17.3 Å². The fraction of sp³-hybridized carbons (Fsp3) is 0.667. The second-order valence-electron chi connectivity index (χ2n) is 4.48. The van der Waals surface area contributed by atoms with Crippen LogP contribution in [0.15, 0.2) is 10.9 Å². The molecule has 2 rings (SSSR count). The van der Waals surface area contributed by atoms with E-state index in [0.717, 1.165) is 18.8 Å². The first-order chi connectivity index (χ1) is 8.27. The molecule has 5 heteroatoms. The highest BCUT2D eigenvalue weighted by molar-refractivity contribution is 7.07. The average Bonchev–Trinajstić information content (AvgIpc) is 2.68. The first-order valence-electron chi connectivity index (χ1n) is 6.11. The van der Waals surface area contributed by atoms with Gasteiger partial charge in [0.2, 0.25) is 0 Å². The molecule has 1 saturated heterocycles. The molecule has 94 valence electrons. The maximum Gasteiger partial charge on any atom is 0.305 e. The summed E-state index contributed by atoms with van der Waals surface area (Å²) in [6, 6.07) is -0.0446. The Morgan fingerprint density at radius 1 is 1.41 bits per heavy atom. The van der Waals surface area contributed by atoms with Gasteiger partial charge in [-0.05, 0) is 25.9 Å². The largest absolute Gasteiger partial charge is 0.481 e. The molecule has 1 aromatic rings. The zero-order chi connectivity index (χ0) is 12.1. The summed E-state index contributed by atoms with van der Waals surface area (Å²) in [4.78, 5) is 17.6. The van der Waals surface area contributed by atoms with Crippen molar-refractivity contribution in [3.05, 3.63) is 16.6 Å². The molecule has 0 radical (unpaired) electrons. The molecule has 1 N–H and O–H groups in total. The minimum atomic E-state index is -0.743. The second kappa shape index (κ2) is 6.12. The van der Waals surface area contributed by atoms with Crippen LogP contribution in [-0.2, 0) is 4.79 Å². The number of carboxylic acids is 1. The molecular formula is C12H18N2O2S. The van der Waals surface area contributed by atoms with Crippen LogP contribution in [0.2, 0.25) is 0 Å². The van der Waals surface area contributed by atoms with Gasteiger partial charge in [-0.3, -0.25) is 9.69 Å². The van der Waals surface area contributed by atoms with E-state index in [1.165, 1.54) is 37.0 Å². The number of rotatable bonds is 4. The number of aliphatic carboxylic acids is 1. The lowest BCUT2D eigenvalue weighted by atomic mass is 10.1. The molecule has 0 spiro atoms. The van der Waals surface area contributed by atoms with E-state index in [4.69, 9.17) is 5.11 Å². The number of hydrogen-bond donors (Lipinski definition) is 1. The Kier molecular flexibility index (Phi) is 4.50. The summed E-state index contributed by atoms with van der Waals surface area (Å²) in [5.41, 5.74) is 2.70. The molecule has 4 nitrogen and oxygen atoms in total. The number of nitrogens with zero attached hydrogens (tertiary/aromatic N) is 2. The topological polar surface area (TPSA) is 53.4 Å². The third-order valence-corrected chi connectivity index (χ3v) is 3.85. The minimum Gasteiger partial charge on any atom is -0.481 e. The van der Waals surface area contributed by atoms with Gasteiger partial charge in [0.1, 0.15) is 0 Å². The van der Waals surface area contributed by atoms with Gasteiger partial charge in [-0.1, -0.05) is 12.8 Å². The molecule has 1 unspecified atom stereocenters. The molecule has 0 aliphatic carbocycles. The van der Waals surface area contributed by atoms with Crippen LogP contribution >= 0.6 is 11.3 Å². The first-order valence-corrected chi connectivity index (χ1v) is 7.05. The van der Waals surface area contributed by atoms with Gasteiger partial charge in [-0.15, -0.1) is 11.3 Å². The molecule has 1 atom stereocenters. The van der Waals surface area contributed by atoms with Gasteiger partial charge in [0, 0.05) is 5.38 Å². The fourth-order valence-corrected chi connectivity index (χ4v) is 2.98. The van der Waals surface area contributed by atoms with Gasteiger partial charge in [0.05, 0.1) is 23.7 Å². The van der Waals surface area contributed by atoms with E-state index in [1.54, 1.807) is 5.51 Å². The van der Waals surface area contributed by atoms with Crippen molar-refractivity contribution in [1.82, 2.24) is 9.88 Å². The zero-order valence-corrected chi connectivity index (χ0v) is 10.7. The number of carbonyl (C=O) groups is 1. The Balaban J connectivity index is 2.10. The lowest BCUT2D eigenvalue weighted by molar-refractivity contribution is -0.138. The monoisotopic (exact) mass is 254 g/mol. The van der Waals surface area contributed by atoms with Crippen LogP contribution < -0.4 is 0 Å². The molecule has 0 bridgehead atoms. The number of likely N-dealkylation sites (tertiary alicyclic amines) is 1. The molecule has 17 heavy (non-hydrogen) atoms. The Labute approximate surface area is 105 Å². The average molecular weight is 254 g/mol. The zero-order valence-electron chi connectivity index (χ0n) is 9.84. The van der Waals surface area contributed by atoms with Crippen molar-refractivity contribution < 1.29 is 9.90 Å². The molecule has 1 fully saturated rings. The predicted octanol–water partition coefficient (Wildman–Crippen LogP) is 2.53. The summed E-state index contributed by atoms with van der Waals surface area (Å²) in [5, 5.41) is 11.0. The molecule has 1 aliphatic rings. The minimum absolute atomic E-state index is 0.0446. The van der Waals surface area contributed by atoms with Crippen LogP contribution in [-0.4, -0.2) is 34.0 Å². The van der Waals surface area contributed by atoms with Crippen LogP contribution in [0, 0.1) is 0 Å². The number of hydrogen-bond acceptors (Lipinski definition) is 4. The van der Waals surface area contributed by atoms with Crippen LogP contribution in [0.1, 0.15) is 43.8 Å².